The van der Waals surface area contributed by atoms with Gasteiger partial charge in [-0.25, -0.2) is 15.0 Å². The van der Waals surface area contributed by atoms with Crippen LogP contribution in [0, 0.1) is 6.92 Å². The fourth-order valence-corrected chi connectivity index (χ4v) is 2.61. The summed E-state index contributed by atoms with van der Waals surface area (Å²) < 4.78 is 7.90. The third-order valence-electron chi connectivity index (χ3n) is 3.77. The zero-order chi connectivity index (χ0) is 16.9. The van der Waals surface area contributed by atoms with Crippen LogP contribution in [0.2, 0.25) is 0 Å². The van der Waals surface area contributed by atoms with Gasteiger partial charge in [0.25, 0.3) is 0 Å². The number of hydrogen-bond donors (Lipinski definition) is 1. The van der Waals surface area contributed by atoms with Gasteiger partial charge in [0.1, 0.15) is 18.1 Å². The van der Waals surface area contributed by atoms with Crippen molar-refractivity contribution in [3.05, 3.63) is 48.3 Å². The average molecular weight is 325 g/mol. The van der Waals surface area contributed by atoms with Crippen LogP contribution < -0.4 is 10.1 Å². The van der Waals surface area contributed by atoms with E-state index < -0.39 is 0 Å². The second kappa shape index (κ2) is 7.29. The highest BCUT2D eigenvalue weighted by atomic mass is 16.5. The van der Waals surface area contributed by atoms with Crippen LogP contribution in [0.3, 0.4) is 0 Å². The van der Waals surface area contributed by atoms with Crippen molar-refractivity contribution in [2.45, 2.75) is 46.3 Å². The van der Waals surface area contributed by atoms with Gasteiger partial charge in [-0.2, -0.15) is 0 Å². The molecular weight excluding hydrogens is 302 g/mol. The molecule has 6 nitrogen and oxygen atoms in total. The van der Waals surface area contributed by atoms with Crippen LogP contribution in [0.25, 0.3) is 5.65 Å². The molecule has 0 saturated heterocycles. The molecule has 24 heavy (non-hydrogen) atoms. The van der Waals surface area contributed by atoms with Crippen LogP contribution in [0.1, 0.15) is 38.2 Å². The lowest BCUT2D eigenvalue weighted by Gasteiger charge is -2.16. The molecule has 0 aliphatic heterocycles. The van der Waals surface area contributed by atoms with Gasteiger partial charge in [0, 0.05) is 18.4 Å². The van der Waals surface area contributed by atoms with Crippen molar-refractivity contribution in [2.24, 2.45) is 0 Å². The predicted molar refractivity (Wildman–Crippen MR) is 94.3 cm³/mol. The summed E-state index contributed by atoms with van der Waals surface area (Å²) in [5, 5.41) is 3.41. The molecule has 3 aromatic rings. The van der Waals surface area contributed by atoms with Crippen molar-refractivity contribution in [1.82, 2.24) is 19.4 Å². The number of rotatable bonds is 7. The number of aromatic nitrogens is 4. The van der Waals surface area contributed by atoms with Crippen molar-refractivity contribution >= 4 is 11.5 Å². The third-order valence-corrected chi connectivity index (χ3v) is 3.77. The Balaban J connectivity index is 1.74. The van der Waals surface area contributed by atoms with Crippen molar-refractivity contribution in [3.63, 3.8) is 0 Å². The van der Waals surface area contributed by atoms with Crippen LogP contribution in [0.15, 0.2) is 36.8 Å². The average Bonchev–Trinajstić information content (AvgIpc) is 2.97. The van der Waals surface area contributed by atoms with E-state index in [4.69, 9.17) is 4.74 Å². The Bertz CT molecular complexity index is 781. The molecule has 6 heteroatoms. The standard InChI is InChI=1S/C18H23N5O/c1-4-7-13(2)20-18-16(10-19-14(3)21-18)24-12-15-11-23-9-6-5-8-17(23)22-15/h5-6,8-11,13H,4,7,12H2,1-3H3,(H,19,20,21)/t13-/m1/s1. The SMILES string of the molecule is CCC[C@@H](C)Nc1nc(C)ncc1OCc1cn2ccccc2n1. The molecule has 3 rings (SSSR count). The predicted octanol–water partition coefficient (Wildman–Crippen LogP) is 3.61. The number of aryl methyl sites for hydroxylation is 1. The summed E-state index contributed by atoms with van der Waals surface area (Å²) in [6, 6.07) is 6.25. The van der Waals surface area contributed by atoms with Gasteiger partial charge in [0.2, 0.25) is 0 Å². The van der Waals surface area contributed by atoms with Crippen LogP contribution in [-0.4, -0.2) is 25.4 Å². The summed E-state index contributed by atoms with van der Waals surface area (Å²) in [5.74, 6) is 2.12. The van der Waals surface area contributed by atoms with Gasteiger partial charge >= 0.3 is 0 Å². The molecule has 0 unspecified atom stereocenters. The highest BCUT2D eigenvalue weighted by Crippen LogP contribution is 2.23. The number of imidazole rings is 1. The quantitative estimate of drug-likeness (QED) is 0.719. The lowest BCUT2D eigenvalue weighted by atomic mass is 10.2. The molecule has 1 N–H and O–H groups in total. The molecule has 0 aromatic carbocycles. The lowest BCUT2D eigenvalue weighted by Crippen LogP contribution is -2.17. The van der Waals surface area contributed by atoms with Crippen LogP contribution in [0.5, 0.6) is 5.75 Å². The Morgan fingerprint density at radius 2 is 2.17 bits per heavy atom. The van der Waals surface area contributed by atoms with Gasteiger partial charge in [-0.3, -0.25) is 0 Å². The molecule has 0 aliphatic rings. The Morgan fingerprint density at radius 3 is 2.96 bits per heavy atom. The second-order valence-corrected chi connectivity index (χ2v) is 5.95. The minimum atomic E-state index is 0.335. The van der Waals surface area contributed by atoms with Gasteiger partial charge in [0.15, 0.2) is 11.6 Å². The summed E-state index contributed by atoms with van der Waals surface area (Å²) in [5.41, 5.74) is 1.78. The minimum absolute atomic E-state index is 0.335. The molecule has 0 radical (unpaired) electrons. The van der Waals surface area contributed by atoms with E-state index in [1.54, 1.807) is 6.20 Å². The number of nitrogens with zero attached hydrogens (tertiary/aromatic N) is 4. The minimum Gasteiger partial charge on any atom is -0.482 e. The molecule has 0 fully saturated rings. The molecule has 0 spiro atoms. The first-order valence-corrected chi connectivity index (χ1v) is 8.31. The fourth-order valence-electron chi connectivity index (χ4n) is 2.61. The van der Waals surface area contributed by atoms with Gasteiger partial charge in [-0.05, 0) is 32.4 Å². The monoisotopic (exact) mass is 325 g/mol. The van der Waals surface area contributed by atoms with Gasteiger partial charge < -0.3 is 14.5 Å². The van der Waals surface area contributed by atoms with E-state index in [2.05, 4.69) is 34.1 Å². The normalized spacial score (nSPS) is 12.3. The van der Waals surface area contributed by atoms with Crippen LogP contribution >= 0.6 is 0 Å². The number of fused-ring (bicyclic) bond motifs is 1. The Morgan fingerprint density at radius 1 is 1.29 bits per heavy atom. The van der Waals surface area contributed by atoms with E-state index in [0.29, 0.717) is 18.4 Å². The zero-order valence-electron chi connectivity index (χ0n) is 14.4. The number of hydrogen-bond acceptors (Lipinski definition) is 5. The highest BCUT2D eigenvalue weighted by Gasteiger charge is 2.11. The lowest BCUT2D eigenvalue weighted by molar-refractivity contribution is 0.300. The molecule has 126 valence electrons. The maximum absolute atomic E-state index is 5.92. The maximum Gasteiger partial charge on any atom is 0.180 e. The molecular formula is C18H23N5O. The summed E-state index contributed by atoms with van der Waals surface area (Å²) in [6.45, 7) is 6.57. The fraction of sp³-hybridized carbons (Fsp3) is 0.389. The molecule has 1 atom stereocenters. The van der Waals surface area contributed by atoms with E-state index in [1.165, 1.54) is 0 Å². The highest BCUT2D eigenvalue weighted by molar-refractivity contribution is 5.49. The maximum atomic E-state index is 5.92. The van der Waals surface area contributed by atoms with E-state index in [9.17, 15) is 0 Å². The van der Waals surface area contributed by atoms with Crippen molar-refractivity contribution in [1.29, 1.82) is 0 Å². The largest absolute Gasteiger partial charge is 0.482 e. The number of pyridine rings is 1. The number of ether oxygens (including phenoxy) is 1. The first-order chi connectivity index (χ1) is 11.7. The van der Waals surface area contributed by atoms with Crippen LogP contribution in [-0.2, 0) is 6.61 Å². The summed E-state index contributed by atoms with van der Waals surface area (Å²) in [4.78, 5) is 13.3. The Labute approximate surface area is 141 Å². The van der Waals surface area contributed by atoms with Crippen molar-refractivity contribution < 1.29 is 4.74 Å². The van der Waals surface area contributed by atoms with Crippen LogP contribution in [0.4, 0.5) is 5.82 Å². The Hall–Kier alpha value is -2.63. The van der Waals surface area contributed by atoms with Crippen molar-refractivity contribution in [2.75, 3.05) is 5.32 Å². The first kappa shape index (κ1) is 16.2. The summed E-state index contributed by atoms with van der Waals surface area (Å²) in [7, 11) is 0. The van der Waals surface area contributed by atoms with E-state index in [1.807, 2.05) is 41.9 Å². The number of anilines is 1. The van der Waals surface area contributed by atoms with Gasteiger partial charge in [0.05, 0.1) is 11.9 Å². The Kier molecular flexibility index (Phi) is 4.93. The number of nitrogens with one attached hydrogen (secondary N) is 1. The zero-order valence-corrected chi connectivity index (χ0v) is 14.4. The van der Waals surface area contributed by atoms with Crippen molar-refractivity contribution in [3.8, 4) is 5.75 Å². The molecule has 0 bridgehead atoms. The molecule has 0 amide bonds. The topological polar surface area (TPSA) is 64.3 Å². The molecule has 0 aliphatic carbocycles. The summed E-state index contributed by atoms with van der Waals surface area (Å²) in [6.07, 6.45) is 7.86. The van der Waals surface area contributed by atoms with E-state index >= 15 is 0 Å². The second-order valence-electron chi connectivity index (χ2n) is 5.95. The van der Waals surface area contributed by atoms with E-state index in [0.717, 1.165) is 35.8 Å². The smallest absolute Gasteiger partial charge is 0.180 e. The third kappa shape index (κ3) is 3.82. The van der Waals surface area contributed by atoms with Gasteiger partial charge in [-0.1, -0.05) is 19.4 Å². The first-order valence-electron chi connectivity index (χ1n) is 8.31. The molecule has 3 aromatic heterocycles. The molecule has 0 saturated carbocycles. The molecule has 3 heterocycles. The summed E-state index contributed by atoms with van der Waals surface area (Å²) >= 11 is 0. The van der Waals surface area contributed by atoms with E-state index in [-0.39, 0.29) is 0 Å². The van der Waals surface area contributed by atoms with Gasteiger partial charge in [-0.15, -0.1) is 0 Å².